The number of benzene rings is 3. The first-order valence-corrected chi connectivity index (χ1v) is 11.7. The lowest BCUT2D eigenvalue weighted by molar-refractivity contribution is 0.0438. The molecule has 0 amide bonds. The monoisotopic (exact) mass is 499 g/mol. The third-order valence-electron chi connectivity index (χ3n) is 4.61. The van der Waals surface area contributed by atoms with Crippen molar-refractivity contribution in [3.8, 4) is 17.2 Å². The smallest absolute Gasteiger partial charge is 0.338 e. The van der Waals surface area contributed by atoms with Gasteiger partial charge in [-0.25, -0.2) is 13.2 Å². The minimum Gasteiger partial charge on any atom is -0.497 e. The van der Waals surface area contributed by atoms with Crippen LogP contribution in [0.3, 0.4) is 0 Å². The van der Waals surface area contributed by atoms with Crippen LogP contribution in [0.4, 0.5) is 5.69 Å². The van der Waals surface area contributed by atoms with Crippen LogP contribution < -0.4 is 9.46 Å². The molecule has 0 unspecified atom stereocenters. The fourth-order valence-corrected chi connectivity index (χ4v) is 4.13. The number of ether oxygens (including phenoxy) is 2. The van der Waals surface area contributed by atoms with Gasteiger partial charge < -0.3 is 13.9 Å². The molecule has 9 nitrogen and oxygen atoms in total. The number of anilines is 1. The van der Waals surface area contributed by atoms with Crippen molar-refractivity contribution in [3.63, 3.8) is 0 Å². The summed E-state index contributed by atoms with van der Waals surface area (Å²) in [6.07, 6.45) is 0. The van der Waals surface area contributed by atoms with E-state index in [4.69, 9.17) is 25.5 Å². The Labute approximate surface area is 200 Å². The lowest BCUT2D eigenvalue weighted by Crippen LogP contribution is -2.14. The Kier molecular flexibility index (Phi) is 6.80. The molecule has 0 saturated carbocycles. The van der Waals surface area contributed by atoms with Gasteiger partial charge in [-0.2, -0.15) is 0 Å². The van der Waals surface area contributed by atoms with Crippen molar-refractivity contribution in [2.24, 2.45) is 0 Å². The molecule has 0 bridgehead atoms. The van der Waals surface area contributed by atoms with Gasteiger partial charge in [0, 0.05) is 16.3 Å². The predicted molar refractivity (Wildman–Crippen MR) is 124 cm³/mol. The van der Waals surface area contributed by atoms with Crippen molar-refractivity contribution >= 4 is 33.3 Å². The van der Waals surface area contributed by atoms with Crippen LogP contribution in [0.15, 0.2) is 82.1 Å². The van der Waals surface area contributed by atoms with Crippen molar-refractivity contribution in [1.82, 2.24) is 10.2 Å². The molecule has 4 aromatic rings. The van der Waals surface area contributed by atoms with E-state index in [0.29, 0.717) is 22.0 Å². The number of nitrogens with zero attached hydrogens (tertiary/aromatic N) is 2. The van der Waals surface area contributed by atoms with Crippen LogP contribution in [0.1, 0.15) is 16.2 Å². The maximum Gasteiger partial charge on any atom is 0.338 e. The number of aromatic nitrogens is 2. The van der Waals surface area contributed by atoms with Crippen LogP contribution >= 0.6 is 11.6 Å². The van der Waals surface area contributed by atoms with Gasteiger partial charge >= 0.3 is 5.97 Å². The summed E-state index contributed by atoms with van der Waals surface area (Å²) in [6.45, 7) is -0.277. The molecule has 1 heterocycles. The highest BCUT2D eigenvalue weighted by Crippen LogP contribution is 2.22. The number of esters is 1. The van der Waals surface area contributed by atoms with Crippen molar-refractivity contribution in [2.75, 3.05) is 11.8 Å². The van der Waals surface area contributed by atoms with Gasteiger partial charge in [0.1, 0.15) is 5.75 Å². The molecule has 34 heavy (non-hydrogen) atoms. The van der Waals surface area contributed by atoms with Gasteiger partial charge in [0.2, 0.25) is 5.89 Å². The summed E-state index contributed by atoms with van der Waals surface area (Å²) in [5.41, 5.74) is 1.06. The van der Waals surface area contributed by atoms with Crippen LogP contribution in [0.5, 0.6) is 5.75 Å². The van der Waals surface area contributed by atoms with Gasteiger partial charge in [-0.05, 0) is 66.7 Å². The summed E-state index contributed by atoms with van der Waals surface area (Å²) >= 11 is 5.87. The third kappa shape index (κ3) is 5.53. The number of hydrogen-bond donors (Lipinski definition) is 1. The summed E-state index contributed by atoms with van der Waals surface area (Å²) in [6, 6.07) is 18.7. The molecule has 0 saturated heterocycles. The van der Waals surface area contributed by atoms with E-state index in [9.17, 15) is 13.2 Å². The fraction of sp³-hybridized carbons (Fsp3) is 0.0870. The maximum absolute atomic E-state index is 12.7. The number of carbonyl (C=O) groups is 1. The fourth-order valence-electron chi connectivity index (χ4n) is 2.90. The molecule has 0 aliphatic heterocycles. The molecule has 0 fully saturated rings. The Morgan fingerprint density at radius 3 is 2.47 bits per heavy atom. The largest absolute Gasteiger partial charge is 0.497 e. The first kappa shape index (κ1) is 23.3. The van der Waals surface area contributed by atoms with E-state index in [1.54, 1.807) is 48.5 Å². The number of rotatable bonds is 8. The molecule has 0 spiro atoms. The number of hydrogen-bond acceptors (Lipinski definition) is 8. The third-order valence-corrected chi connectivity index (χ3v) is 6.24. The standard InChI is InChI=1S/C23H18ClN3O6S/c1-31-19-11-9-18(10-12-19)27-34(29,30)20-4-2-3-16(13-20)23(28)32-14-21-25-26-22(33-21)15-5-7-17(24)8-6-15/h2-13,27H,14H2,1H3. The highest BCUT2D eigenvalue weighted by molar-refractivity contribution is 7.92. The van der Waals surface area contributed by atoms with E-state index in [-0.39, 0.29) is 28.8 Å². The predicted octanol–water partition coefficient (Wildman–Crippen LogP) is 4.56. The van der Waals surface area contributed by atoms with Crippen LogP contribution in [-0.2, 0) is 21.4 Å². The number of halogens is 1. The second-order valence-corrected chi connectivity index (χ2v) is 9.06. The number of nitrogens with one attached hydrogen (secondary N) is 1. The minimum atomic E-state index is -3.94. The molecule has 0 atom stereocenters. The lowest BCUT2D eigenvalue weighted by atomic mass is 10.2. The van der Waals surface area contributed by atoms with Crippen molar-refractivity contribution < 1.29 is 27.1 Å². The Balaban J connectivity index is 1.42. The van der Waals surface area contributed by atoms with Crippen molar-refractivity contribution in [2.45, 2.75) is 11.5 Å². The van der Waals surface area contributed by atoms with E-state index in [1.165, 1.54) is 31.4 Å². The van der Waals surface area contributed by atoms with E-state index in [1.807, 2.05) is 0 Å². The van der Waals surface area contributed by atoms with Gasteiger partial charge in [-0.1, -0.05) is 17.7 Å². The number of methoxy groups -OCH3 is 1. The molecule has 3 aromatic carbocycles. The molecular weight excluding hydrogens is 482 g/mol. The summed E-state index contributed by atoms with van der Waals surface area (Å²) in [5, 5.41) is 8.34. The first-order valence-electron chi connectivity index (χ1n) is 9.86. The van der Waals surface area contributed by atoms with Crippen LogP contribution in [0, 0.1) is 0 Å². The zero-order valence-corrected chi connectivity index (χ0v) is 19.3. The van der Waals surface area contributed by atoms with E-state index >= 15 is 0 Å². The van der Waals surface area contributed by atoms with Gasteiger partial charge in [0.15, 0.2) is 6.61 Å². The Morgan fingerprint density at radius 2 is 1.76 bits per heavy atom. The molecule has 0 aliphatic carbocycles. The zero-order chi connectivity index (χ0) is 24.1. The van der Waals surface area contributed by atoms with E-state index in [2.05, 4.69) is 14.9 Å². The molecule has 0 radical (unpaired) electrons. The van der Waals surface area contributed by atoms with Gasteiger partial charge in [-0.15, -0.1) is 10.2 Å². The van der Waals surface area contributed by atoms with E-state index < -0.39 is 16.0 Å². The minimum absolute atomic E-state index is 0.0510. The molecule has 174 valence electrons. The second-order valence-electron chi connectivity index (χ2n) is 6.95. The quantitative estimate of drug-likeness (QED) is 0.350. The number of sulfonamides is 1. The molecule has 4 rings (SSSR count). The van der Waals surface area contributed by atoms with Crippen LogP contribution in [0.25, 0.3) is 11.5 Å². The van der Waals surface area contributed by atoms with Gasteiger partial charge in [0.25, 0.3) is 15.9 Å². The lowest BCUT2D eigenvalue weighted by Gasteiger charge is -2.10. The SMILES string of the molecule is COc1ccc(NS(=O)(=O)c2cccc(C(=O)OCc3nnc(-c4ccc(Cl)cc4)o3)c2)cc1. The van der Waals surface area contributed by atoms with Crippen LogP contribution in [-0.4, -0.2) is 31.7 Å². The molecule has 1 N–H and O–H groups in total. The average Bonchev–Trinajstić information content (AvgIpc) is 3.32. The normalized spacial score (nSPS) is 11.1. The van der Waals surface area contributed by atoms with Crippen molar-refractivity contribution in [3.05, 3.63) is 89.3 Å². The topological polar surface area (TPSA) is 121 Å². The van der Waals surface area contributed by atoms with Crippen LogP contribution in [0.2, 0.25) is 5.02 Å². The molecule has 11 heteroatoms. The number of carbonyl (C=O) groups excluding carboxylic acids is 1. The summed E-state index contributed by atoms with van der Waals surface area (Å²) < 4.78 is 43.7. The van der Waals surface area contributed by atoms with E-state index in [0.717, 1.165) is 0 Å². The summed E-state index contributed by atoms with van der Waals surface area (Å²) in [7, 11) is -2.42. The Morgan fingerprint density at radius 1 is 1.03 bits per heavy atom. The Bertz CT molecular complexity index is 1400. The van der Waals surface area contributed by atoms with Gasteiger partial charge in [0.05, 0.1) is 17.6 Å². The van der Waals surface area contributed by atoms with Gasteiger partial charge in [-0.3, -0.25) is 4.72 Å². The van der Waals surface area contributed by atoms with Crippen molar-refractivity contribution in [1.29, 1.82) is 0 Å². The molecule has 1 aromatic heterocycles. The summed E-state index contributed by atoms with van der Waals surface area (Å²) in [5.74, 6) is 0.186. The highest BCUT2D eigenvalue weighted by Gasteiger charge is 2.18. The second kappa shape index (κ2) is 9.94. The maximum atomic E-state index is 12.7. The highest BCUT2D eigenvalue weighted by atomic mass is 35.5. The molecular formula is C23H18ClN3O6S. The Hall–Kier alpha value is -3.89. The zero-order valence-electron chi connectivity index (χ0n) is 17.8. The summed E-state index contributed by atoms with van der Waals surface area (Å²) in [4.78, 5) is 12.4. The first-order chi connectivity index (χ1) is 16.3. The molecule has 0 aliphatic rings. The average molecular weight is 500 g/mol.